The van der Waals surface area contributed by atoms with Crippen molar-refractivity contribution in [2.75, 3.05) is 5.32 Å². The Morgan fingerprint density at radius 2 is 1.90 bits per heavy atom. The van der Waals surface area contributed by atoms with Crippen molar-refractivity contribution in [2.45, 2.75) is 20.4 Å². The monoisotopic (exact) mass is 288 g/mol. The van der Waals surface area contributed by atoms with E-state index in [0.29, 0.717) is 17.2 Å². The number of rotatable bonds is 3. The molecule has 0 aliphatic carbocycles. The summed E-state index contributed by atoms with van der Waals surface area (Å²) in [5.74, 6) is -0.227. The van der Waals surface area contributed by atoms with Crippen LogP contribution in [-0.4, -0.2) is 5.11 Å². The summed E-state index contributed by atoms with van der Waals surface area (Å²) in [5.41, 5.74) is 3.89. The summed E-state index contributed by atoms with van der Waals surface area (Å²) in [4.78, 5) is 0. The van der Waals surface area contributed by atoms with Crippen LogP contribution in [0.1, 0.15) is 16.7 Å². The van der Waals surface area contributed by atoms with Crippen LogP contribution in [-0.2, 0) is 6.54 Å². The van der Waals surface area contributed by atoms with Crippen molar-refractivity contribution in [1.82, 2.24) is 5.32 Å². The fourth-order valence-electron chi connectivity index (χ4n) is 1.94. The largest absolute Gasteiger partial charge is 0.358 e. The molecule has 0 amide bonds. The zero-order chi connectivity index (χ0) is 14.5. The van der Waals surface area contributed by atoms with Gasteiger partial charge < -0.3 is 10.6 Å². The third-order valence-electron chi connectivity index (χ3n) is 3.03. The Hall–Kier alpha value is -1.94. The lowest BCUT2D eigenvalue weighted by Crippen LogP contribution is -2.28. The minimum atomic E-state index is -0.227. The predicted octanol–water partition coefficient (Wildman–Crippen LogP) is 3.93. The molecule has 0 saturated heterocycles. The number of nitrogens with one attached hydrogen (secondary N) is 2. The number of thiocarbonyl (C=S) groups is 1. The fourth-order valence-corrected chi connectivity index (χ4v) is 2.12. The Morgan fingerprint density at radius 3 is 2.60 bits per heavy atom. The van der Waals surface area contributed by atoms with E-state index in [-0.39, 0.29) is 5.82 Å². The summed E-state index contributed by atoms with van der Waals surface area (Å²) in [5, 5.41) is 6.62. The molecule has 0 radical (unpaired) electrons. The minimum absolute atomic E-state index is 0.227. The second-order valence-electron chi connectivity index (χ2n) is 4.72. The molecule has 2 nitrogen and oxygen atoms in total. The normalized spacial score (nSPS) is 10.2. The molecule has 2 N–H and O–H groups in total. The van der Waals surface area contributed by atoms with Crippen molar-refractivity contribution < 1.29 is 4.39 Å². The zero-order valence-electron chi connectivity index (χ0n) is 11.5. The smallest absolute Gasteiger partial charge is 0.171 e. The molecule has 2 rings (SSSR count). The summed E-state index contributed by atoms with van der Waals surface area (Å²) >= 11 is 5.23. The third-order valence-corrected chi connectivity index (χ3v) is 3.27. The van der Waals surface area contributed by atoms with Gasteiger partial charge in [0.05, 0.1) is 0 Å². The molecule has 0 aliphatic heterocycles. The molecule has 0 bridgehead atoms. The van der Waals surface area contributed by atoms with Gasteiger partial charge in [-0.2, -0.15) is 0 Å². The molecular weight excluding hydrogens is 271 g/mol. The first-order chi connectivity index (χ1) is 9.56. The van der Waals surface area contributed by atoms with E-state index in [2.05, 4.69) is 16.7 Å². The molecule has 0 aliphatic rings. The van der Waals surface area contributed by atoms with Crippen LogP contribution in [0.15, 0.2) is 42.5 Å². The van der Waals surface area contributed by atoms with E-state index in [9.17, 15) is 4.39 Å². The lowest BCUT2D eigenvalue weighted by molar-refractivity contribution is 0.606. The molecule has 4 heteroatoms. The molecule has 0 fully saturated rings. The molecular formula is C16H17FN2S. The zero-order valence-corrected chi connectivity index (χ0v) is 12.4. The van der Waals surface area contributed by atoms with Crippen molar-refractivity contribution in [3.8, 4) is 0 Å². The highest BCUT2D eigenvalue weighted by Gasteiger charge is 2.03. The minimum Gasteiger partial charge on any atom is -0.358 e. The number of anilines is 1. The summed E-state index contributed by atoms with van der Waals surface area (Å²) in [6.07, 6.45) is 0. The van der Waals surface area contributed by atoms with Gasteiger partial charge >= 0.3 is 0 Å². The molecule has 2 aromatic rings. The van der Waals surface area contributed by atoms with Crippen molar-refractivity contribution in [3.05, 3.63) is 65.0 Å². The quantitative estimate of drug-likeness (QED) is 0.837. The van der Waals surface area contributed by atoms with Gasteiger partial charge in [-0.15, -0.1) is 0 Å². The van der Waals surface area contributed by atoms with Crippen LogP contribution in [0.4, 0.5) is 10.1 Å². The first kappa shape index (κ1) is 14.5. The SMILES string of the molecule is Cc1ccc(NC(=S)NCc2ccccc2F)c(C)c1. The Labute approximate surface area is 124 Å². The van der Waals surface area contributed by atoms with Gasteiger partial charge in [0.2, 0.25) is 0 Å². The highest BCUT2D eigenvalue weighted by atomic mass is 32.1. The number of aryl methyl sites for hydroxylation is 2. The topological polar surface area (TPSA) is 24.1 Å². The average molecular weight is 288 g/mol. The van der Waals surface area contributed by atoms with Crippen LogP contribution in [0.2, 0.25) is 0 Å². The van der Waals surface area contributed by atoms with E-state index < -0.39 is 0 Å². The summed E-state index contributed by atoms with van der Waals surface area (Å²) in [6, 6.07) is 12.8. The number of hydrogen-bond donors (Lipinski definition) is 2. The van der Waals surface area contributed by atoms with Gasteiger partial charge in [-0.25, -0.2) is 4.39 Å². The second kappa shape index (κ2) is 6.48. The Kier molecular flexibility index (Phi) is 4.69. The van der Waals surface area contributed by atoms with Crippen LogP contribution < -0.4 is 10.6 Å². The maximum atomic E-state index is 13.5. The van der Waals surface area contributed by atoms with E-state index in [1.54, 1.807) is 18.2 Å². The van der Waals surface area contributed by atoms with E-state index in [4.69, 9.17) is 12.2 Å². The molecule has 0 atom stereocenters. The fraction of sp³-hybridized carbons (Fsp3) is 0.188. The van der Waals surface area contributed by atoms with Crippen LogP contribution >= 0.6 is 12.2 Å². The van der Waals surface area contributed by atoms with Crippen molar-refractivity contribution >= 4 is 23.0 Å². The standard InChI is InChI=1S/C16H17FN2S/c1-11-7-8-15(12(2)9-11)19-16(20)18-10-13-5-3-4-6-14(13)17/h3-9H,10H2,1-2H3,(H2,18,19,20). The molecule has 0 heterocycles. The number of benzene rings is 2. The number of halogens is 1. The lowest BCUT2D eigenvalue weighted by atomic mass is 10.1. The lowest BCUT2D eigenvalue weighted by Gasteiger charge is -2.13. The third kappa shape index (κ3) is 3.78. The molecule has 104 valence electrons. The highest BCUT2D eigenvalue weighted by molar-refractivity contribution is 7.80. The Balaban J connectivity index is 1.94. The van der Waals surface area contributed by atoms with E-state index in [1.807, 2.05) is 26.0 Å². The maximum absolute atomic E-state index is 13.5. The Morgan fingerprint density at radius 1 is 1.15 bits per heavy atom. The molecule has 2 aromatic carbocycles. The van der Waals surface area contributed by atoms with Crippen molar-refractivity contribution in [3.63, 3.8) is 0 Å². The van der Waals surface area contributed by atoms with Crippen molar-refractivity contribution in [1.29, 1.82) is 0 Å². The second-order valence-corrected chi connectivity index (χ2v) is 5.13. The highest BCUT2D eigenvalue weighted by Crippen LogP contribution is 2.15. The summed E-state index contributed by atoms with van der Waals surface area (Å²) in [6.45, 7) is 4.43. The van der Waals surface area contributed by atoms with Gasteiger partial charge in [-0.05, 0) is 43.8 Å². The summed E-state index contributed by atoms with van der Waals surface area (Å²) < 4.78 is 13.5. The predicted molar refractivity (Wildman–Crippen MR) is 85.4 cm³/mol. The van der Waals surface area contributed by atoms with Crippen molar-refractivity contribution in [2.24, 2.45) is 0 Å². The van der Waals surface area contributed by atoms with E-state index >= 15 is 0 Å². The van der Waals surface area contributed by atoms with Crippen LogP contribution in [0.5, 0.6) is 0 Å². The van der Waals surface area contributed by atoms with Gasteiger partial charge in [0.15, 0.2) is 5.11 Å². The van der Waals surface area contributed by atoms with Crippen LogP contribution in [0, 0.1) is 19.7 Å². The van der Waals surface area contributed by atoms with Gasteiger partial charge in [0.1, 0.15) is 5.82 Å². The molecule has 0 spiro atoms. The van der Waals surface area contributed by atoms with E-state index in [1.165, 1.54) is 11.6 Å². The van der Waals surface area contributed by atoms with Gasteiger partial charge in [0.25, 0.3) is 0 Å². The van der Waals surface area contributed by atoms with Gasteiger partial charge in [-0.3, -0.25) is 0 Å². The van der Waals surface area contributed by atoms with Gasteiger partial charge in [0, 0.05) is 17.8 Å². The maximum Gasteiger partial charge on any atom is 0.171 e. The molecule has 0 unspecified atom stereocenters. The van der Waals surface area contributed by atoms with Gasteiger partial charge in [-0.1, -0.05) is 35.9 Å². The van der Waals surface area contributed by atoms with E-state index in [0.717, 1.165) is 11.3 Å². The first-order valence-corrected chi connectivity index (χ1v) is 6.82. The average Bonchev–Trinajstić information content (AvgIpc) is 2.41. The first-order valence-electron chi connectivity index (χ1n) is 6.42. The Bertz CT molecular complexity index is 626. The van der Waals surface area contributed by atoms with Crippen LogP contribution in [0.25, 0.3) is 0 Å². The molecule has 0 saturated carbocycles. The van der Waals surface area contributed by atoms with Crippen LogP contribution in [0.3, 0.4) is 0 Å². The summed E-state index contributed by atoms with van der Waals surface area (Å²) in [7, 11) is 0. The molecule has 20 heavy (non-hydrogen) atoms. The molecule has 0 aromatic heterocycles. The number of hydrogen-bond acceptors (Lipinski definition) is 1.